The number of benzene rings is 3. The SMILES string of the molecule is O=C(N[C@H](c1ccccc1)c1c(O)ccc2ccccc12)c1cnccn1. The van der Waals surface area contributed by atoms with Crippen molar-refractivity contribution in [1.29, 1.82) is 0 Å². The monoisotopic (exact) mass is 355 g/mol. The molecule has 3 aromatic carbocycles. The molecule has 0 bridgehead atoms. The summed E-state index contributed by atoms with van der Waals surface area (Å²) in [6.45, 7) is 0. The van der Waals surface area contributed by atoms with E-state index in [2.05, 4.69) is 15.3 Å². The Morgan fingerprint density at radius 1 is 0.926 bits per heavy atom. The van der Waals surface area contributed by atoms with Crippen molar-refractivity contribution in [2.75, 3.05) is 0 Å². The van der Waals surface area contributed by atoms with E-state index in [1.807, 2.05) is 60.7 Å². The minimum Gasteiger partial charge on any atom is -0.508 e. The first-order valence-electron chi connectivity index (χ1n) is 8.56. The highest BCUT2D eigenvalue weighted by atomic mass is 16.3. The van der Waals surface area contributed by atoms with E-state index in [1.54, 1.807) is 6.07 Å². The third-order valence-corrected chi connectivity index (χ3v) is 4.44. The maximum atomic E-state index is 12.8. The maximum absolute atomic E-state index is 12.8. The van der Waals surface area contributed by atoms with Gasteiger partial charge in [0, 0.05) is 18.0 Å². The van der Waals surface area contributed by atoms with Gasteiger partial charge in [-0.25, -0.2) is 4.98 Å². The van der Waals surface area contributed by atoms with Crippen molar-refractivity contribution in [3.8, 4) is 5.75 Å². The van der Waals surface area contributed by atoms with Crippen LogP contribution in [-0.2, 0) is 0 Å². The van der Waals surface area contributed by atoms with Crippen LogP contribution >= 0.6 is 0 Å². The van der Waals surface area contributed by atoms with Crippen molar-refractivity contribution >= 4 is 16.7 Å². The van der Waals surface area contributed by atoms with E-state index < -0.39 is 6.04 Å². The van der Waals surface area contributed by atoms with Crippen LogP contribution in [0.2, 0.25) is 0 Å². The lowest BCUT2D eigenvalue weighted by Crippen LogP contribution is -2.30. The summed E-state index contributed by atoms with van der Waals surface area (Å²) in [6, 6.07) is 20.3. The van der Waals surface area contributed by atoms with Gasteiger partial charge in [-0.2, -0.15) is 0 Å². The molecular formula is C22H17N3O2. The average molecular weight is 355 g/mol. The van der Waals surface area contributed by atoms with Crippen molar-refractivity contribution in [1.82, 2.24) is 15.3 Å². The van der Waals surface area contributed by atoms with Crippen LogP contribution in [-0.4, -0.2) is 21.0 Å². The second kappa shape index (κ2) is 7.25. The summed E-state index contributed by atoms with van der Waals surface area (Å²) in [7, 11) is 0. The summed E-state index contributed by atoms with van der Waals surface area (Å²) in [5, 5.41) is 15.5. The number of hydrogen-bond acceptors (Lipinski definition) is 4. The molecule has 5 nitrogen and oxygen atoms in total. The molecule has 0 fully saturated rings. The van der Waals surface area contributed by atoms with Gasteiger partial charge in [0.2, 0.25) is 0 Å². The molecule has 0 unspecified atom stereocenters. The number of aromatic nitrogens is 2. The van der Waals surface area contributed by atoms with Gasteiger partial charge in [-0.15, -0.1) is 0 Å². The fourth-order valence-electron chi connectivity index (χ4n) is 3.18. The minimum atomic E-state index is -0.535. The molecule has 0 aliphatic heterocycles. The van der Waals surface area contributed by atoms with Gasteiger partial charge < -0.3 is 10.4 Å². The van der Waals surface area contributed by atoms with Crippen LogP contribution in [0, 0.1) is 0 Å². The highest BCUT2D eigenvalue weighted by Crippen LogP contribution is 2.35. The number of rotatable bonds is 4. The highest BCUT2D eigenvalue weighted by molar-refractivity contribution is 5.94. The highest BCUT2D eigenvalue weighted by Gasteiger charge is 2.23. The van der Waals surface area contributed by atoms with Crippen LogP contribution < -0.4 is 5.32 Å². The standard InChI is InChI=1S/C22H17N3O2/c26-19-11-10-15-6-4-5-9-17(15)20(19)21(16-7-2-1-3-8-16)25-22(27)18-14-23-12-13-24-18/h1-14,21,26H,(H,25,27)/t21-/m1/s1. The largest absolute Gasteiger partial charge is 0.508 e. The number of amides is 1. The van der Waals surface area contributed by atoms with Gasteiger partial charge in [0.25, 0.3) is 5.91 Å². The van der Waals surface area contributed by atoms with Crippen LogP contribution in [0.3, 0.4) is 0 Å². The van der Waals surface area contributed by atoms with E-state index in [4.69, 9.17) is 0 Å². The number of phenolic OH excluding ortho intramolecular Hbond substituents is 1. The number of fused-ring (bicyclic) bond motifs is 1. The fraction of sp³-hybridized carbons (Fsp3) is 0.0455. The topological polar surface area (TPSA) is 75.1 Å². The molecule has 1 atom stereocenters. The predicted molar refractivity (Wildman–Crippen MR) is 103 cm³/mol. The number of aromatic hydroxyl groups is 1. The van der Waals surface area contributed by atoms with Gasteiger partial charge in [-0.1, -0.05) is 60.7 Å². The molecule has 0 saturated heterocycles. The first-order chi connectivity index (χ1) is 13.2. The van der Waals surface area contributed by atoms with E-state index >= 15 is 0 Å². The first-order valence-corrected chi connectivity index (χ1v) is 8.56. The van der Waals surface area contributed by atoms with E-state index in [0.29, 0.717) is 5.56 Å². The summed E-state index contributed by atoms with van der Waals surface area (Å²) >= 11 is 0. The van der Waals surface area contributed by atoms with Crippen LogP contribution in [0.25, 0.3) is 10.8 Å². The Balaban J connectivity index is 1.85. The number of hydrogen-bond donors (Lipinski definition) is 2. The van der Waals surface area contributed by atoms with Crippen LogP contribution in [0.4, 0.5) is 0 Å². The average Bonchev–Trinajstić information content (AvgIpc) is 2.73. The molecule has 0 aliphatic rings. The molecule has 0 saturated carbocycles. The molecular weight excluding hydrogens is 338 g/mol. The lowest BCUT2D eigenvalue weighted by atomic mass is 9.92. The molecule has 0 spiro atoms. The molecule has 1 aromatic heterocycles. The van der Waals surface area contributed by atoms with Gasteiger partial charge in [0.1, 0.15) is 11.4 Å². The molecule has 5 heteroatoms. The normalized spacial score (nSPS) is 11.9. The molecule has 27 heavy (non-hydrogen) atoms. The molecule has 2 N–H and O–H groups in total. The lowest BCUT2D eigenvalue weighted by molar-refractivity contribution is 0.0937. The van der Waals surface area contributed by atoms with Gasteiger partial charge >= 0.3 is 0 Å². The minimum absolute atomic E-state index is 0.127. The van der Waals surface area contributed by atoms with Gasteiger partial charge in [0.15, 0.2) is 0 Å². The van der Waals surface area contributed by atoms with Crippen LogP contribution in [0.1, 0.15) is 27.7 Å². The third-order valence-electron chi connectivity index (χ3n) is 4.44. The van der Waals surface area contributed by atoms with Crippen LogP contribution in [0.15, 0.2) is 85.3 Å². The molecule has 1 amide bonds. The number of nitrogens with zero attached hydrogens (tertiary/aromatic N) is 2. The van der Waals surface area contributed by atoms with Gasteiger partial charge in [-0.05, 0) is 22.4 Å². The Morgan fingerprint density at radius 3 is 2.48 bits per heavy atom. The van der Waals surface area contributed by atoms with Gasteiger partial charge in [0.05, 0.1) is 12.2 Å². The zero-order valence-electron chi connectivity index (χ0n) is 14.4. The fourth-order valence-corrected chi connectivity index (χ4v) is 3.18. The quantitative estimate of drug-likeness (QED) is 0.583. The third kappa shape index (κ3) is 3.35. The Labute approximate surface area is 156 Å². The second-order valence-electron chi connectivity index (χ2n) is 6.13. The molecule has 4 aromatic rings. The number of nitrogens with one attached hydrogen (secondary N) is 1. The Hall–Kier alpha value is -3.73. The number of carbonyl (C=O) groups is 1. The summed E-state index contributed by atoms with van der Waals surface area (Å²) in [5.41, 5.74) is 1.73. The Kier molecular flexibility index (Phi) is 4.49. The van der Waals surface area contributed by atoms with E-state index in [0.717, 1.165) is 16.3 Å². The van der Waals surface area contributed by atoms with Crippen molar-refractivity contribution < 1.29 is 9.90 Å². The molecule has 0 aliphatic carbocycles. The molecule has 1 heterocycles. The smallest absolute Gasteiger partial charge is 0.272 e. The number of phenols is 1. The lowest BCUT2D eigenvalue weighted by Gasteiger charge is -2.22. The Morgan fingerprint density at radius 2 is 1.70 bits per heavy atom. The first kappa shape index (κ1) is 16.7. The number of carbonyl (C=O) groups excluding carboxylic acids is 1. The molecule has 132 valence electrons. The summed E-state index contributed by atoms with van der Waals surface area (Å²) in [4.78, 5) is 20.8. The predicted octanol–water partition coefficient (Wildman–Crippen LogP) is 3.85. The van der Waals surface area contributed by atoms with E-state index in [9.17, 15) is 9.90 Å². The van der Waals surface area contributed by atoms with Crippen molar-refractivity contribution in [3.63, 3.8) is 0 Å². The second-order valence-corrected chi connectivity index (χ2v) is 6.13. The van der Waals surface area contributed by atoms with Crippen LogP contribution in [0.5, 0.6) is 5.75 Å². The summed E-state index contributed by atoms with van der Waals surface area (Å²) in [5.74, 6) is -0.230. The van der Waals surface area contributed by atoms with Gasteiger partial charge in [-0.3, -0.25) is 9.78 Å². The zero-order chi connectivity index (χ0) is 18.6. The van der Waals surface area contributed by atoms with Crippen molar-refractivity contribution in [2.24, 2.45) is 0 Å². The van der Waals surface area contributed by atoms with Crippen molar-refractivity contribution in [3.05, 3.63) is 102 Å². The van der Waals surface area contributed by atoms with E-state index in [1.165, 1.54) is 18.6 Å². The van der Waals surface area contributed by atoms with Crippen molar-refractivity contribution in [2.45, 2.75) is 6.04 Å². The molecule has 0 radical (unpaired) electrons. The summed E-state index contributed by atoms with van der Waals surface area (Å²) < 4.78 is 0. The zero-order valence-corrected chi connectivity index (χ0v) is 14.4. The maximum Gasteiger partial charge on any atom is 0.272 e. The molecule has 4 rings (SSSR count). The summed E-state index contributed by atoms with van der Waals surface area (Å²) in [6.07, 6.45) is 4.41. The van der Waals surface area contributed by atoms with E-state index in [-0.39, 0.29) is 17.4 Å². The Bertz CT molecular complexity index is 1080.